The van der Waals surface area contributed by atoms with Gasteiger partial charge in [0.1, 0.15) is 18.3 Å². The molecule has 40 heavy (non-hydrogen) atoms. The highest BCUT2D eigenvalue weighted by Gasteiger charge is 2.32. The Morgan fingerprint density at radius 3 is 2.33 bits per heavy atom. The third kappa shape index (κ3) is 7.99. The van der Waals surface area contributed by atoms with Crippen LogP contribution in [0, 0.1) is 0 Å². The maximum Gasteiger partial charge on any atom is 0.264 e. The highest BCUT2D eigenvalue weighted by Crippen LogP contribution is 2.32. The third-order valence-corrected chi connectivity index (χ3v) is 8.91. The summed E-state index contributed by atoms with van der Waals surface area (Å²) in [6.07, 6.45) is 1.72. The number of ether oxygens (including phenoxy) is 1. The zero-order valence-corrected chi connectivity index (χ0v) is 25.8. The summed E-state index contributed by atoms with van der Waals surface area (Å²) in [4.78, 5) is 28.4. The van der Waals surface area contributed by atoms with Crippen molar-refractivity contribution in [2.45, 2.75) is 44.2 Å². The molecule has 0 radical (unpaired) electrons. The largest absolute Gasteiger partial charge is 0.495 e. The van der Waals surface area contributed by atoms with Gasteiger partial charge in [-0.05, 0) is 61.4 Å². The van der Waals surface area contributed by atoms with Gasteiger partial charge in [-0.15, -0.1) is 0 Å². The first-order valence-electron chi connectivity index (χ1n) is 12.8. The fraction of sp³-hybridized carbons (Fsp3) is 0.310. The highest BCUT2D eigenvalue weighted by molar-refractivity contribution is 9.10. The molecule has 0 aliphatic heterocycles. The number of hydrogen-bond acceptors (Lipinski definition) is 5. The van der Waals surface area contributed by atoms with E-state index in [2.05, 4.69) is 21.2 Å². The molecular weight excluding hydrogens is 618 g/mol. The number of halogens is 2. The normalized spacial score (nSPS) is 11.9. The molecule has 3 rings (SSSR count). The summed E-state index contributed by atoms with van der Waals surface area (Å²) >= 11 is 9.75. The Morgan fingerprint density at radius 2 is 1.73 bits per heavy atom. The third-order valence-electron chi connectivity index (χ3n) is 6.30. The van der Waals surface area contributed by atoms with Crippen LogP contribution in [0.3, 0.4) is 0 Å². The van der Waals surface area contributed by atoms with Crippen LogP contribution in [0.1, 0.15) is 32.3 Å². The minimum absolute atomic E-state index is 0.0135. The van der Waals surface area contributed by atoms with E-state index in [1.807, 2.05) is 31.2 Å². The fourth-order valence-electron chi connectivity index (χ4n) is 3.96. The lowest BCUT2D eigenvalue weighted by Crippen LogP contribution is -2.51. The second kappa shape index (κ2) is 14.5. The Kier molecular flexibility index (Phi) is 11.4. The lowest BCUT2D eigenvalue weighted by molar-refractivity contribution is -0.139. The highest BCUT2D eigenvalue weighted by atomic mass is 79.9. The molecule has 0 aromatic heterocycles. The van der Waals surface area contributed by atoms with Crippen molar-refractivity contribution in [2.75, 3.05) is 24.5 Å². The van der Waals surface area contributed by atoms with Gasteiger partial charge in [-0.3, -0.25) is 13.9 Å². The number of unbranched alkanes of at least 4 members (excludes halogenated alkanes) is 1. The average Bonchev–Trinajstić information content (AvgIpc) is 2.95. The number of carbonyl (C=O) groups is 2. The first-order valence-corrected chi connectivity index (χ1v) is 15.4. The Balaban J connectivity index is 2.02. The number of carbonyl (C=O) groups excluding carboxylic acids is 2. The summed E-state index contributed by atoms with van der Waals surface area (Å²) in [5.41, 5.74) is 0.973. The van der Waals surface area contributed by atoms with Crippen molar-refractivity contribution in [2.24, 2.45) is 0 Å². The topological polar surface area (TPSA) is 96.0 Å². The minimum atomic E-state index is -4.18. The zero-order chi connectivity index (χ0) is 29.3. The smallest absolute Gasteiger partial charge is 0.264 e. The average molecular weight is 651 g/mol. The Hall–Kier alpha value is -3.08. The van der Waals surface area contributed by atoms with E-state index in [-0.39, 0.29) is 28.1 Å². The molecule has 0 unspecified atom stereocenters. The van der Waals surface area contributed by atoms with Crippen LogP contribution in [0.4, 0.5) is 5.69 Å². The molecule has 0 saturated carbocycles. The van der Waals surface area contributed by atoms with Crippen LogP contribution in [0.25, 0.3) is 0 Å². The fourth-order valence-corrected chi connectivity index (χ4v) is 5.91. The van der Waals surface area contributed by atoms with E-state index in [4.69, 9.17) is 16.3 Å². The molecule has 11 heteroatoms. The Labute approximate surface area is 249 Å². The summed E-state index contributed by atoms with van der Waals surface area (Å²) in [5.74, 6) is -0.501. The maximum absolute atomic E-state index is 13.9. The van der Waals surface area contributed by atoms with Gasteiger partial charge in [0.2, 0.25) is 11.8 Å². The summed E-state index contributed by atoms with van der Waals surface area (Å²) in [7, 11) is -2.73. The van der Waals surface area contributed by atoms with E-state index in [0.717, 1.165) is 27.2 Å². The molecule has 0 aliphatic rings. The molecule has 0 spiro atoms. The SMILES string of the molecule is CCCCNC(=O)[C@@H](C)N(Cc1ccc(Br)cc1)C(=O)CN(c1ccc(OC)c(Cl)c1)S(=O)(=O)c1ccccc1. The summed E-state index contributed by atoms with van der Waals surface area (Å²) in [6, 6.07) is 18.9. The number of anilines is 1. The first kappa shape index (κ1) is 31.4. The van der Waals surface area contributed by atoms with Gasteiger partial charge in [-0.25, -0.2) is 8.42 Å². The van der Waals surface area contributed by atoms with Gasteiger partial charge in [0.15, 0.2) is 0 Å². The van der Waals surface area contributed by atoms with E-state index in [9.17, 15) is 18.0 Å². The predicted octanol–water partition coefficient (Wildman–Crippen LogP) is 5.64. The molecule has 0 bridgehead atoms. The van der Waals surface area contributed by atoms with Crippen LogP contribution in [-0.2, 0) is 26.2 Å². The first-order chi connectivity index (χ1) is 19.1. The van der Waals surface area contributed by atoms with Crippen molar-refractivity contribution in [3.8, 4) is 5.75 Å². The number of benzene rings is 3. The molecule has 8 nitrogen and oxygen atoms in total. The van der Waals surface area contributed by atoms with Gasteiger partial charge in [-0.2, -0.15) is 0 Å². The number of sulfonamides is 1. The molecule has 2 amide bonds. The molecule has 0 aliphatic carbocycles. The van der Waals surface area contributed by atoms with E-state index in [1.54, 1.807) is 31.2 Å². The maximum atomic E-state index is 13.9. The Bertz CT molecular complexity index is 1400. The number of hydrogen-bond donors (Lipinski definition) is 1. The standard InChI is InChI=1S/C29H33BrClN3O5S/c1-4-5-17-32-29(36)21(2)33(19-22-11-13-23(30)14-12-22)28(35)20-34(24-15-16-27(39-3)26(31)18-24)40(37,38)25-9-7-6-8-10-25/h6-16,18,21H,4-5,17,19-20H2,1-3H3,(H,32,36)/t21-/m1/s1. The van der Waals surface area contributed by atoms with Crippen LogP contribution in [0.5, 0.6) is 5.75 Å². The van der Waals surface area contributed by atoms with E-state index in [0.29, 0.717) is 12.3 Å². The molecule has 1 atom stereocenters. The van der Waals surface area contributed by atoms with Crippen molar-refractivity contribution in [1.82, 2.24) is 10.2 Å². The van der Waals surface area contributed by atoms with Crippen LogP contribution >= 0.6 is 27.5 Å². The van der Waals surface area contributed by atoms with E-state index in [1.165, 1.54) is 36.3 Å². The number of methoxy groups -OCH3 is 1. The molecule has 0 fully saturated rings. The summed E-state index contributed by atoms with van der Waals surface area (Å²) in [5, 5.41) is 3.06. The second-order valence-corrected chi connectivity index (χ2v) is 12.3. The van der Waals surface area contributed by atoms with Crippen molar-refractivity contribution in [3.63, 3.8) is 0 Å². The number of nitrogens with zero attached hydrogens (tertiary/aromatic N) is 2. The van der Waals surface area contributed by atoms with E-state index >= 15 is 0 Å². The van der Waals surface area contributed by atoms with Crippen LogP contribution < -0.4 is 14.4 Å². The van der Waals surface area contributed by atoms with E-state index < -0.39 is 28.5 Å². The molecule has 3 aromatic rings. The van der Waals surface area contributed by atoms with Gasteiger partial charge >= 0.3 is 0 Å². The molecular formula is C29H33BrClN3O5S. The van der Waals surface area contributed by atoms with Crippen molar-refractivity contribution < 1.29 is 22.7 Å². The van der Waals surface area contributed by atoms with Crippen LogP contribution in [0.2, 0.25) is 5.02 Å². The number of rotatable bonds is 13. The molecule has 0 heterocycles. The molecule has 3 aromatic carbocycles. The predicted molar refractivity (Wildman–Crippen MR) is 161 cm³/mol. The van der Waals surface area contributed by atoms with Gasteiger partial charge in [0.05, 0.1) is 22.7 Å². The van der Waals surface area contributed by atoms with Gasteiger partial charge < -0.3 is 15.0 Å². The second-order valence-electron chi connectivity index (χ2n) is 9.11. The van der Waals surface area contributed by atoms with Crippen molar-refractivity contribution >= 4 is 55.1 Å². The van der Waals surface area contributed by atoms with Crippen molar-refractivity contribution in [1.29, 1.82) is 0 Å². The van der Waals surface area contributed by atoms with Gasteiger partial charge in [0.25, 0.3) is 10.0 Å². The number of nitrogens with one attached hydrogen (secondary N) is 1. The molecule has 1 N–H and O–H groups in total. The Morgan fingerprint density at radius 1 is 1.05 bits per heavy atom. The van der Waals surface area contributed by atoms with Crippen molar-refractivity contribution in [3.05, 3.63) is 87.9 Å². The minimum Gasteiger partial charge on any atom is -0.495 e. The molecule has 0 saturated heterocycles. The van der Waals surface area contributed by atoms with Gasteiger partial charge in [-0.1, -0.05) is 71.2 Å². The summed E-state index contributed by atoms with van der Waals surface area (Å²) in [6.45, 7) is 3.70. The monoisotopic (exact) mass is 649 g/mol. The van der Waals surface area contributed by atoms with Crippen LogP contribution in [0.15, 0.2) is 82.2 Å². The summed E-state index contributed by atoms with van der Waals surface area (Å²) < 4.78 is 34.8. The van der Waals surface area contributed by atoms with Gasteiger partial charge in [0, 0.05) is 17.6 Å². The lowest BCUT2D eigenvalue weighted by Gasteiger charge is -2.32. The lowest BCUT2D eigenvalue weighted by atomic mass is 10.1. The quantitative estimate of drug-likeness (QED) is 0.242. The zero-order valence-electron chi connectivity index (χ0n) is 22.6. The van der Waals surface area contributed by atoms with Crippen LogP contribution in [-0.4, -0.2) is 51.4 Å². The number of amides is 2. The molecule has 214 valence electrons.